The molecule has 2 aromatic carbocycles. The average molecular weight is 367 g/mol. The van der Waals surface area contributed by atoms with Crippen molar-refractivity contribution in [3.05, 3.63) is 64.7 Å². The maximum absolute atomic E-state index is 12.0. The average Bonchev–Trinajstić information content (AvgIpc) is 2.65. The number of hydrogen-bond acceptors (Lipinski definition) is 3. The highest BCUT2D eigenvalue weighted by Crippen LogP contribution is 2.36. The smallest absolute Gasteiger partial charge is 0.320 e. The first kappa shape index (κ1) is 19.4. The van der Waals surface area contributed by atoms with Gasteiger partial charge in [0, 0.05) is 19.8 Å². The molecule has 3 rings (SSSR count). The Morgan fingerprint density at radius 3 is 2.44 bits per heavy atom. The minimum atomic E-state index is -0.713. The third kappa shape index (κ3) is 4.16. The Morgan fingerprint density at radius 1 is 1.11 bits per heavy atom. The number of hydrogen-bond donors (Lipinski definition) is 1. The number of carboxylic acids is 1. The number of piperidine rings is 1. The molecule has 0 bridgehead atoms. The van der Waals surface area contributed by atoms with Gasteiger partial charge in [0.05, 0.1) is 6.04 Å². The van der Waals surface area contributed by atoms with Crippen molar-refractivity contribution in [3.63, 3.8) is 0 Å². The third-order valence-corrected chi connectivity index (χ3v) is 5.62. The number of aliphatic carboxylic acids is 1. The number of benzene rings is 2. The van der Waals surface area contributed by atoms with Crippen LogP contribution in [0.1, 0.15) is 47.6 Å². The van der Waals surface area contributed by atoms with Gasteiger partial charge < -0.3 is 10.0 Å². The summed E-state index contributed by atoms with van der Waals surface area (Å²) in [5.74, 6) is -0.713. The van der Waals surface area contributed by atoms with E-state index in [0.29, 0.717) is 6.42 Å². The summed E-state index contributed by atoms with van der Waals surface area (Å²) in [6.07, 6.45) is 2.74. The minimum absolute atomic E-state index is 0.0393. The van der Waals surface area contributed by atoms with E-state index < -0.39 is 12.0 Å². The fourth-order valence-electron chi connectivity index (χ4n) is 4.09. The SMILES string of the molecule is Cc1ccc(C)c(C(c2ccc(N(C)C)cc2)N2CCCCC2C(=O)O)c1. The zero-order valence-electron chi connectivity index (χ0n) is 16.8. The summed E-state index contributed by atoms with van der Waals surface area (Å²) >= 11 is 0. The molecule has 0 saturated carbocycles. The van der Waals surface area contributed by atoms with Crippen molar-refractivity contribution in [2.75, 3.05) is 25.5 Å². The Balaban J connectivity index is 2.11. The highest BCUT2D eigenvalue weighted by Gasteiger charge is 2.35. The fraction of sp³-hybridized carbons (Fsp3) is 0.435. The molecule has 1 saturated heterocycles. The lowest BCUT2D eigenvalue weighted by Gasteiger charge is -2.40. The molecule has 144 valence electrons. The van der Waals surface area contributed by atoms with Crippen LogP contribution in [-0.2, 0) is 4.79 Å². The van der Waals surface area contributed by atoms with Crippen LogP contribution >= 0.6 is 0 Å². The van der Waals surface area contributed by atoms with Crippen molar-refractivity contribution >= 4 is 11.7 Å². The number of likely N-dealkylation sites (tertiary alicyclic amines) is 1. The van der Waals surface area contributed by atoms with E-state index in [0.717, 1.165) is 30.6 Å². The molecular weight excluding hydrogens is 336 g/mol. The van der Waals surface area contributed by atoms with Crippen LogP contribution < -0.4 is 4.90 Å². The molecule has 1 aliphatic heterocycles. The first-order chi connectivity index (χ1) is 12.9. The van der Waals surface area contributed by atoms with Crippen LogP contribution in [0.25, 0.3) is 0 Å². The first-order valence-electron chi connectivity index (χ1n) is 9.71. The van der Waals surface area contributed by atoms with Gasteiger partial charge in [-0.2, -0.15) is 0 Å². The van der Waals surface area contributed by atoms with E-state index in [1.165, 1.54) is 16.7 Å². The molecule has 0 spiro atoms. The van der Waals surface area contributed by atoms with E-state index in [-0.39, 0.29) is 6.04 Å². The molecule has 1 fully saturated rings. The lowest BCUT2D eigenvalue weighted by atomic mass is 9.88. The molecule has 1 N–H and O–H groups in total. The van der Waals surface area contributed by atoms with Gasteiger partial charge in [-0.1, -0.05) is 42.3 Å². The van der Waals surface area contributed by atoms with Crippen LogP contribution in [0.4, 0.5) is 5.69 Å². The van der Waals surface area contributed by atoms with Gasteiger partial charge in [-0.25, -0.2) is 0 Å². The molecule has 0 amide bonds. The molecule has 2 atom stereocenters. The van der Waals surface area contributed by atoms with Crippen LogP contribution in [0, 0.1) is 13.8 Å². The number of rotatable bonds is 5. The van der Waals surface area contributed by atoms with Gasteiger partial charge in [0.25, 0.3) is 0 Å². The second-order valence-electron chi connectivity index (χ2n) is 7.84. The second-order valence-corrected chi connectivity index (χ2v) is 7.84. The summed E-state index contributed by atoms with van der Waals surface area (Å²) in [5, 5.41) is 9.84. The number of nitrogens with zero attached hydrogens (tertiary/aromatic N) is 2. The van der Waals surface area contributed by atoms with Gasteiger partial charge in [-0.05, 0) is 62.1 Å². The molecule has 2 unspecified atom stereocenters. The van der Waals surface area contributed by atoms with Gasteiger partial charge in [-0.3, -0.25) is 9.69 Å². The maximum Gasteiger partial charge on any atom is 0.320 e. The zero-order chi connectivity index (χ0) is 19.6. The number of aryl methyl sites for hydroxylation is 2. The molecule has 27 heavy (non-hydrogen) atoms. The lowest BCUT2D eigenvalue weighted by Crippen LogP contribution is -2.47. The largest absolute Gasteiger partial charge is 0.480 e. The molecular formula is C23H30N2O2. The molecule has 0 aromatic heterocycles. The van der Waals surface area contributed by atoms with E-state index in [9.17, 15) is 9.90 Å². The summed E-state index contributed by atoms with van der Waals surface area (Å²) in [7, 11) is 4.06. The van der Waals surface area contributed by atoms with Gasteiger partial charge in [-0.15, -0.1) is 0 Å². The van der Waals surface area contributed by atoms with E-state index in [2.05, 4.69) is 66.1 Å². The van der Waals surface area contributed by atoms with Crippen molar-refractivity contribution in [2.24, 2.45) is 0 Å². The number of anilines is 1. The Hall–Kier alpha value is -2.33. The van der Waals surface area contributed by atoms with Crippen LogP contribution in [0.2, 0.25) is 0 Å². The predicted molar refractivity (Wildman–Crippen MR) is 111 cm³/mol. The standard InChI is InChI=1S/C23H30N2O2/c1-16-8-9-17(2)20(15-16)22(18-10-12-19(13-11-18)24(3)4)25-14-6-5-7-21(25)23(26)27/h8-13,15,21-22H,5-7,14H2,1-4H3,(H,26,27). The first-order valence-corrected chi connectivity index (χ1v) is 9.71. The minimum Gasteiger partial charge on any atom is -0.480 e. The zero-order valence-corrected chi connectivity index (χ0v) is 16.8. The van der Waals surface area contributed by atoms with Crippen LogP contribution in [0.5, 0.6) is 0 Å². The van der Waals surface area contributed by atoms with Crippen LogP contribution in [0.15, 0.2) is 42.5 Å². The number of carboxylic acid groups (broad SMARTS) is 1. The van der Waals surface area contributed by atoms with E-state index >= 15 is 0 Å². The normalized spacial score (nSPS) is 18.9. The Labute approximate surface area is 162 Å². The van der Waals surface area contributed by atoms with E-state index in [4.69, 9.17) is 0 Å². The Morgan fingerprint density at radius 2 is 1.81 bits per heavy atom. The van der Waals surface area contributed by atoms with Gasteiger partial charge >= 0.3 is 5.97 Å². The summed E-state index contributed by atoms with van der Waals surface area (Å²) in [5.41, 5.74) is 5.92. The molecule has 0 radical (unpaired) electrons. The topological polar surface area (TPSA) is 43.8 Å². The predicted octanol–water partition coefficient (Wildman–Crippen LogP) is 4.40. The third-order valence-electron chi connectivity index (χ3n) is 5.62. The molecule has 1 heterocycles. The highest BCUT2D eigenvalue weighted by atomic mass is 16.4. The summed E-state index contributed by atoms with van der Waals surface area (Å²) < 4.78 is 0. The van der Waals surface area contributed by atoms with Crippen LogP contribution in [0.3, 0.4) is 0 Å². The monoisotopic (exact) mass is 366 g/mol. The summed E-state index contributed by atoms with van der Waals surface area (Å²) in [6, 6.07) is 14.5. The Bertz CT molecular complexity index is 799. The molecule has 1 aliphatic rings. The van der Waals surface area contributed by atoms with E-state index in [1.54, 1.807) is 0 Å². The fourth-order valence-corrected chi connectivity index (χ4v) is 4.09. The summed E-state index contributed by atoms with van der Waals surface area (Å²) in [6.45, 7) is 5.03. The molecule has 4 heteroatoms. The quantitative estimate of drug-likeness (QED) is 0.852. The van der Waals surface area contributed by atoms with Gasteiger partial charge in [0.15, 0.2) is 0 Å². The Kier molecular flexibility index (Phi) is 5.85. The van der Waals surface area contributed by atoms with Gasteiger partial charge in [0.2, 0.25) is 0 Å². The molecule has 4 nitrogen and oxygen atoms in total. The number of carbonyl (C=O) groups is 1. The molecule has 0 aliphatic carbocycles. The van der Waals surface area contributed by atoms with E-state index in [1.807, 2.05) is 14.1 Å². The molecule has 2 aromatic rings. The van der Waals surface area contributed by atoms with Crippen molar-refractivity contribution in [3.8, 4) is 0 Å². The summed E-state index contributed by atoms with van der Waals surface area (Å²) in [4.78, 5) is 16.3. The lowest BCUT2D eigenvalue weighted by molar-refractivity contribution is -0.145. The van der Waals surface area contributed by atoms with Crippen molar-refractivity contribution < 1.29 is 9.90 Å². The highest BCUT2D eigenvalue weighted by molar-refractivity contribution is 5.73. The maximum atomic E-state index is 12.0. The van der Waals surface area contributed by atoms with Crippen LogP contribution in [-0.4, -0.2) is 42.7 Å². The second kappa shape index (κ2) is 8.13. The van der Waals surface area contributed by atoms with Crippen molar-refractivity contribution in [1.82, 2.24) is 4.90 Å². The van der Waals surface area contributed by atoms with Crippen molar-refractivity contribution in [1.29, 1.82) is 0 Å². The van der Waals surface area contributed by atoms with Crippen molar-refractivity contribution in [2.45, 2.75) is 45.2 Å². The van der Waals surface area contributed by atoms with Gasteiger partial charge in [0.1, 0.15) is 6.04 Å².